The zero-order valence-corrected chi connectivity index (χ0v) is 11.5. The molecule has 19 heavy (non-hydrogen) atoms. The first-order valence-corrected chi connectivity index (χ1v) is 6.42. The Morgan fingerprint density at radius 3 is 2.58 bits per heavy atom. The molecule has 100 valence electrons. The molecule has 0 aliphatic rings. The minimum Gasteiger partial charge on any atom is -0.495 e. The van der Waals surface area contributed by atoms with Crippen molar-refractivity contribution in [1.29, 1.82) is 0 Å². The van der Waals surface area contributed by atoms with Gasteiger partial charge in [0.15, 0.2) is 0 Å². The van der Waals surface area contributed by atoms with Gasteiger partial charge in [-0.3, -0.25) is 0 Å². The summed E-state index contributed by atoms with van der Waals surface area (Å²) >= 11 is 6.04. The third kappa shape index (κ3) is 4.07. The highest BCUT2D eigenvalue weighted by Gasteiger charge is 2.01. The smallest absolute Gasteiger partial charge is 0.137 e. The van der Waals surface area contributed by atoms with E-state index in [0.29, 0.717) is 23.9 Å². The first-order valence-electron chi connectivity index (χ1n) is 6.05. The average Bonchev–Trinajstić information content (AvgIpc) is 2.45. The maximum absolute atomic E-state index is 6.04. The van der Waals surface area contributed by atoms with Crippen LogP contribution in [0.15, 0.2) is 48.5 Å². The summed E-state index contributed by atoms with van der Waals surface area (Å²) in [7, 11) is 1.60. The molecule has 2 rings (SSSR count). The summed E-state index contributed by atoms with van der Waals surface area (Å²) in [5.74, 6) is 1.55. The number of halogens is 1. The summed E-state index contributed by atoms with van der Waals surface area (Å²) in [5, 5.41) is 3.84. The van der Waals surface area contributed by atoms with E-state index in [0.717, 1.165) is 11.4 Å². The molecule has 0 aliphatic carbocycles. The number of anilines is 1. The van der Waals surface area contributed by atoms with Crippen molar-refractivity contribution in [3.63, 3.8) is 0 Å². The van der Waals surface area contributed by atoms with Crippen LogP contribution >= 0.6 is 11.6 Å². The maximum atomic E-state index is 6.04. The van der Waals surface area contributed by atoms with Gasteiger partial charge in [-0.1, -0.05) is 29.8 Å². The number of para-hydroxylation sites is 1. The van der Waals surface area contributed by atoms with Crippen LogP contribution in [-0.4, -0.2) is 20.3 Å². The molecule has 4 heteroatoms. The molecule has 0 heterocycles. The zero-order chi connectivity index (χ0) is 13.5. The number of hydrogen-bond acceptors (Lipinski definition) is 3. The van der Waals surface area contributed by atoms with Gasteiger partial charge in [0, 0.05) is 12.2 Å². The van der Waals surface area contributed by atoms with Gasteiger partial charge in [0.05, 0.1) is 12.1 Å². The topological polar surface area (TPSA) is 30.5 Å². The summed E-state index contributed by atoms with van der Waals surface area (Å²) in [6.45, 7) is 1.30. The first-order chi connectivity index (χ1) is 9.29. The molecule has 0 saturated carbocycles. The summed E-state index contributed by atoms with van der Waals surface area (Å²) in [4.78, 5) is 0. The standard InChI is InChI=1S/C15H16ClNO2/c1-18-15-8-7-12(11-14(15)16)17-9-10-19-13-5-3-2-4-6-13/h2-8,11,17H,9-10H2,1H3. The number of rotatable bonds is 6. The van der Waals surface area contributed by atoms with Crippen LogP contribution in [0.1, 0.15) is 0 Å². The lowest BCUT2D eigenvalue weighted by Gasteiger charge is -2.10. The average molecular weight is 278 g/mol. The molecule has 2 aromatic carbocycles. The molecule has 0 fully saturated rings. The zero-order valence-electron chi connectivity index (χ0n) is 10.7. The van der Waals surface area contributed by atoms with Crippen LogP contribution < -0.4 is 14.8 Å². The molecular formula is C15H16ClNO2. The molecule has 0 radical (unpaired) electrons. The van der Waals surface area contributed by atoms with E-state index in [1.165, 1.54) is 0 Å². The summed E-state index contributed by atoms with van der Waals surface area (Å²) in [6, 6.07) is 15.3. The van der Waals surface area contributed by atoms with E-state index in [2.05, 4.69) is 5.32 Å². The Hall–Kier alpha value is -1.87. The fourth-order valence-corrected chi connectivity index (χ4v) is 1.92. The van der Waals surface area contributed by atoms with Crippen molar-refractivity contribution >= 4 is 17.3 Å². The lowest BCUT2D eigenvalue weighted by Crippen LogP contribution is -2.11. The molecule has 0 amide bonds. The fraction of sp³-hybridized carbons (Fsp3) is 0.200. The Morgan fingerprint density at radius 1 is 1.11 bits per heavy atom. The second-order valence-corrected chi connectivity index (χ2v) is 4.34. The monoisotopic (exact) mass is 277 g/mol. The maximum Gasteiger partial charge on any atom is 0.137 e. The van der Waals surface area contributed by atoms with Crippen LogP contribution in [0.25, 0.3) is 0 Å². The Kier molecular flexibility index (Phi) is 4.93. The lowest BCUT2D eigenvalue weighted by atomic mass is 10.3. The van der Waals surface area contributed by atoms with E-state index < -0.39 is 0 Å². The predicted molar refractivity (Wildman–Crippen MR) is 78.4 cm³/mol. The molecule has 0 aromatic heterocycles. The van der Waals surface area contributed by atoms with E-state index in [1.807, 2.05) is 48.5 Å². The van der Waals surface area contributed by atoms with Gasteiger partial charge in [0.25, 0.3) is 0 Å². The van der Waals surface area contributed by atoms with Gasteiger partial charge < -0.3 is 14.8 Å². The van der Waals surface area contributed by atoms with E-state index in [9.17, 15) is 0 Å². The van der Waals surface area contributed by atoms with Crippen LogP contribution in [0.2, 0.25) is 5.02 Å². The molecule has 0 bridgehead atoms. The van der Waals surface area contributed by atoms with Gasteiger partial charge >= 0.3 is 0 Å². The molecule has 2 aromatic rings. The normalized spacial score (nSPS) is 10.0. The Morgan fingerprint density at radius 2 is 1.89 bits per heavy atom. The van der Waals surface area contributed by atoms with Crippen molar-refractivity contribution in [2.75, 3.05) is 25.6 Å². The van der Waals surface area contributed by atoms with Crippen molar-refractivity contribution in [2.45, 2.75) is 0 Å². The number of nitrogens with one attached hydrogen (secondary N) is 1. The van der Waals surface area contributed by atoms with Crippen molar-refractivity contribution in [3.05, 3.63) is 53.6 Å². The van der Waals surface area contributed by atoms with Crippen LogP contribution in [0, 0.1) is 0 Å². The molecule has 0 saturated heterocycles. The molecule has 0 unspecified atom stereocenters. The second kappa shape index (κ2) is 6.90. The van der Waals surface area contributed by atoms with Gasteiger partial charge in [0.1, 0.15) is 18.1 Å². The Balaban J connectivity index is 1.78. The fourth-order valence-electron chi connectivity index (χ4n) is 1.66. The minimum atomic E-state index is 0.591. The number of benzene rings is 2. The predicted octanol–water partition coefficient (Wildman–Crippen LogP) is 3.84. The molecule has 0 spiro atoms. The largest absolute Gasteiger partial charge is 0.495 e. The van der Waals surface area contributed by atoms with E-state index in [1.54, 1.807) is 7.11 Å². The van der Waals surface area contributed by atoms with Gasteiger partial charge in [0.2, 0.25) is 0 Å². The second-order valence-electron chi connectivity index (χ2n) is 3.94. The lowest BCUT2D eigenvalue weighted by molar-refractivity contribution is 0.333. The Labute approximate surface area is 118 Å². The molecular weight excluding hydrogens is 262 g/mol. The van der Waals surface area contributed by atoms with Crippen molar-refractivity contribution < 1.29 is 9.47 Å². The van der Waals surface area contributed by atoms with Gasteiger partial charge in [-0.25, -0.2) is 0 Å². The van der Waals surface area contributed by atoms with Crippen LogP contribution in [0.3, 0.4) is 0 Å². The minimum absolute atomic E-state index is 0.591. The number of hydrogen-bond donors (Lipinski definition) is 1. The third-order valence-electron chi connectivity index (χ3n) is 2.59. The van der Waals surface area contributed by atoms with E-state index >= 15 is 0 Å². The highest BCUT2D eigenvalue weighted by molar-refractivity contribution is 6.32. The number of methoxy groups -OCH3 is 1. The van der Waals surface area contributed by atoms with E-state index in [4.69, 9.17) is 21.1 Å². The SMILES string of the molecule is COc1ccc(NCCOc2ccccc2)cc1Cl. The van der Waals surface area contributed by atoms with Crippen molar-refractivity contribution in [2.24, 2.45) is 0 Å². The Bertz CT molecular complexity index is 517. The highest BCUT2D eigenvalue weighted by atomic mass is 35.5. The summed E-state index contributed by atoms with van der Waals surface area (Å²) in [5.41, 5.74) is 0.947. The molecule has 0 aliphatic heterocycles. The quantitative estimate of drug-likeness (QED) is 0.814. The van der Waals surface area contributed by atoms with Crippen LogP contribution in [-0.2, 0) is 0 Å². The first kappa shape index (κ1) is 13.6. The van der Waals surface area contributed by atoms with Crippen LogP contribution in [0.4, 0.5) is 5.69 Å². The van der Waals surface area contributed by atoms with Gasteiger partial charge in [-0.05, 0) is 30.3 Å². The van der Waals surface area contributed by atoms with Crippen LogP contribution in [0.5, 0.6) is 11.5 Å². The third-order valence-corrected chi connectivity index (χ3v) is 2.89. The van der Waals surface area contributed by atoms with Gasteiger partial charge in [-0.2, -0.15) is 0 Å². The summed E-state index contributed by atoms with van der Waals surface area (Å²) in [6.07, 6.45) is 0. The number of ether oxygens (including phenoxy) is 2. The van der Waals surface area contributed by atoms with Crippen molar-refractivity contribution in [1.82, 2.24) is 0 Å². The van der Waals surface area contributed by atoms with E-state index in [-0.39, 0.29) is 0 Å². The highest BCUT2D eigenvalue weighted by Crippen LogP contribution is 2.26. The van der Waals surface area contributed by atoms with Crippen molar-refractivity contribution in [3.8, 4) is 11.5 Å². The summed E-state index contributed by atoms with van der Waals surface area (Å²) < 4.78 is 10.7. The molecule has 0 atom stereocenters. The van der Waals surface area contributed by atoms with Gasteiger partial charge in [-0.15, -0.1) is 0 Å². The molecule has 3 nitrogen and oxygen atoms in total. The molecule has 1 N–H and O–H groups in total.